The smallest absolute Gasteiger partial charge is 0.293 e. The molecule has 3 nitrogen and oxygen atoms in total. The second-order valence-electron chi connectivity index (χ2n) is 1.56. The van der Waals surface area contributed by atoms with Crippen LogP contribution in [0.5, 0.6) is 0 Å². The highest BCUT2D eigenvalue weighted by atomic mass is 17.2. The second kappa shape index (κ2) is 1.96. The van der Waals surface area contributed by atoms with Crippen LogP contribution in [0, 0.1) is 0 Å². The Bertz CT molecular complexity index is 128. The van der Waals surface area contributed by atoms with Gasteiger partial charge in [-0.1, -0.05) is 0 Å². The van der Waals surface area contributed by atoms with Crippen molar-refractivity contribution in [2.75, 3.05) is 0 Å². The third kappa shape index (κ3) is 1.07. The lowest BCUT2D eigenvalue weighted by molar-refractivity contribution is -0.285. The Morgan fingerprint density at radius 3 is 2.88 bits per heavy atom. The van der Waals surface area contributed by atoms with Crippen molar-refractivity contribution in [3.8, 4) is 0 Å². The summed E-state index contributed by atoms with van der Waals surface area (Å²) in [6.45, 7) is 1.78. The zero-order chi connectivity index (χ0) is 5.98. The Morgan fingerprint density at radius 2 is 2.50 bits per heavy atom. The molecule has 0 radical (unpaired) electrons. The zero-order valence-corrected chi connectivity index (χ0v) is 4.46. The lowest BCUT2D eigenvalue weighted by atomic mass is 10.3. The third-order valence-electron chi connectivity index (χ3n) is 0.785. The molecule has 0 saturated heterocycles. The molecule has 0 aromatic heterocycles. The van der Waals surface area contributed by atoms with Crippen LogP contribution in [0.3, 0.4) is 0 Å². The molecule has 1 atom stereocenters. The number of hydrogen-bond donors (Lipinski definition) is 0. The summed E-state index contributed by atoms with van der Waals surface area (Å²) in [5.74, 6) is -0.442. The van der Waals surface area contributed by atoms with Crippen LogP contribution in [0.15, 0.2) is 12.2 Å². The standard InChI is InChI=1S/C5H6O3/c1-4-2-3-5(6)8-7-4/h2-4H,1H3. The molecule has 0 aromatic carbocycles. The van der Waals surface area contributed by atoms with Crippen LogP contribution in [-0.2, 0) is 14.6 Å². The van der Waals surface area contributed by atoms with Crippen molar-refractivity contribution >= 4 is 5.97 Å². The van der Waals surface area contributed by atoms with Gasteiger partial charge in [0.25, 0.3) is 0 Å². The van der Waals surface area contributed by atoms with Gasteiger partial charge in [-0.05, 0) is 13.0 Å². The molecular formula is C5H6O3. The quantitative estimate of drug-likeness (QED) is 0.428. The first-order chi connectivity index (χ1) is 3.79. The van der Waals surface area contributed by atoms with E-state index in [0.29, 0.717) is 0 Å². The molecule has 0 amide bonds. The molecule has 0 spiro atoms. The molecule has 0 fully saturated rings. The summed E-state index contributed by atoms with van der Waals surface area (Å²) in [6.07, 6.45) is 2.87. The van der Waals surface area contributed by atoms with E-state index in [1.165, 1.54) is 6.08 Å². The highest BCUT2D eigenvalue weighted by molar-refractivity contribution is 5.81. The summed E-state index contributed by atoms with van der Waals surface area (Å²) < 4.78 is 0. The largest absolute Gasteiger partial charge is 0.365 e. The monoisotopic (exact) mass is 114 g/mol. The van der Waals surface area contributed by atoms with Crippen LogP contribution in [0.4, 0.5) is 0 Å². The van der Waals surface area contributed by atoms with Crippen LogP contribution < -0.4 is 0 Å². The maximum absolute atomic E-state index is 10.2. The van der Waals surface area contributed by atoms with Gasteiger partial charge in [0, 0.05) is 6.08 Å². The molecule has 0 N–H and O–H groups in total. The van der Waals surface area contributed by atoms with Crippen molar-refractivity contribution in [1.82, 2.24) is 0 Å². The summed E-state index contributed by atoms with van der Waals surface area (Å²) in [5, 5.41) is 0. The molecule has 3 heteroatoms. The van der Waals surface area contributed by atoms with Crippen molar-refractivity contribution < 1.29 is 14.6 Å². The van der Waals surface area contributed by atoms with E-state index in [-0.39, 0.29) is 6.10 Å². The summed E-state index contributed by atoms with van der Waals surface area (Å²) in [6, 6.07) is 0. The highest BCUT2D eigenvalue weighted by Crippen LogP contribution is 2.00. The lowest BCUT2D eigenvalue weighted by Gasteiger charge is -2.08. The van der Waals surface area contributed by atoms with E-state index in [2.05, 4.69) is 9.78 Å². The lowest BCUT2D eigenvalue weighted by Crippen LogP contribution is -2.14. The predicted octanol–water partition coefficient (Wildman–Crippen LogP) is 0.419. The number of hydrogen-bond acceptors (Lipinski definition) is 3. The van der Waals surface area contributed by atoms with E-state index in [0.717, 1.165) is 0 Å². The van der Waals surface area contributed by atoms with Gasteiger partial charge in [-0.25, -0.2) is 4.79 Å². The molecule has 0 saturated carbocycles. The molecular weight excluding hydrogens is 108 g/mol. The summed E-state index contributed by atoms with van der Waals surface area (Å²) in [5.41, 5.74) is 0. The average molecular weight is 114 g/mol. The Kier molecular flexibility index (Phi) is 1.30. The van der Waals surface area contributed by atoms with E-state index < -0.39 is 5.97 Å². The molecule has 0 aromatic rings. The van der Waals surface area contributed by atoms with E-state index in [1.54, 1.807) is 13.0 Å². The van der Waals surface area contributed by atoms with Crippen molar-refractivity contribution in [1.29, 1.82) is 0 Å². The average Bonchev–Trinajstić information content (AvgIpc) is 1.77. The fourth-order valence-corrected chi connectivity index (χ4v) is 0.397. The maximum Gasteiger partial charge on any atom is 0.365 e. The fourth-order valence-electron chi connectivity index (χ4n) is 0.397. The van der Waals surface area contributed by atoms with E-state index in [9.17, 15) is 4.79 Å². The Balaban J connectivity index is 2.55. The van der Waals surface area contributed by atoms with Crippen LogP contribution >= 0.6 is 0 Å². The van der Waals surface area contributed by atoms with Gasteiger partial charge in [0.15, 0.2) is 0 Å². The molecule has 1 unspecified atom stereocenters. The molecule has 1 heterocycles. The van der Waals surface area contributed by atoms with Gasteiger partial charge >= 0.3 is 5.97 Å². The molecule has 0 aliphatic carbocycles. The minimum atomic E-state index is -0.442. The molecule has 1 rings (SSSR count). The van der Waals surface area contributed by atoms with Crippen molar-refractivity contribution in [3.63, 3.8) is 0 Å². The zero-order valence-electron chi connectivity index (χ0n) is 4.46. The summed E-state index contributed by atoms with van der Waals surface area (Å²) >= 11 is 0. The molecule has 1 aliphatic rings. The van der Waals surface area contributed by atoms with E-state index in [1.807, 2.05) is 0 Å². The van der Waals surface area contributed by atoms with Gasteiger partial charge < -0.3 is 0 Å². The summed E-state index contributed by atoms with van der Waals surface area (Å²) in [7, 11) is 0. The molecule has 44 valence electrons. The summed E-state index contributed by atoms with van der Waals surface area (Å²) in [4.78, 5) is 18.8. The van der Waals surface area contributed by atoms with Crippen molar-refractivity contribution in [2.45, 2.75) is 13.0 Å². The number of carbonyl (C=O) groups is 1. The van der Waals surface area contributed by atoms with Crippen LogP contribution in [0.2, 0.25) is 0 Å². The van der Waals surface area contributed by atoms with Gasteiger partial charge in [0.1, 0.15) is 6.10 Å². The van der Waals surface area contributed by atoms with Crippen LogP contribution in [0.25, 0.3) is 0 Å². The molecule has 0 bridgehead atoms. The normalized spacial score (nSPS) is 27.6. The number of carbonyl (C=O) groups excluding carboxylic acids is 1. The molecule has 8 heavy (non-hydrogen) atoms. The van der Waals surface area contributed by atoms with E-state index in [4.69, 9.17) is 0 Å². The Morgan fingerprint density at radius 1 is 1.75 bits per heavy atom. The van der Waals surface area contributed by atoms with Gasteiger partial charge in [-0.15, -0.1) is 0 Å². The van der Waals surface area contributed by atoms with Crippen LogP contribution in [0.1, 0.15) is 6.92 Å². The Hall–Kier alpha value is -0.830. The first-order valence-corrected chi connectivity index (χ1v) is 2.34. The minimum Gasteiger partial charge on any atom is -0.293 e. The minimum absolute atomic E-state index is 0.104. The van der Waals surface area contributed by atoms with Crippen LogP contribution in [-0.4, -0.2) is 12.1 Å². The third-order valence-corrected chi connectivity index (χ3v) is 0.785. The highest BCUT2D eigenvalue weighted by Gasteiger charge is 2.08. The van der Waals surface area contributed by atoms with Gasteiger partial charge in [0.05, 0.1) is 0 Å². The SMILES string of the molecule is CC1C=CC(=O)OO1. The van der Waals surface area contributed by atoms with Crippen molar-refractivity contribution in [2.24, 2.45) is 0 Å². The maximum atomic E-state index is 10.2. The second-order valence-corrected chi connectivity index (χ2v) is 1.56. The van der Waals surface area contributed by atoms with Gasteiger partial charge in [-0.3, -0.25) is 4.89 Å². The first kappa shape index (κ1) is 5.31. The predicted molar refractivity (Wildman–Crippen MR) is 25.8 cm³/mol. The topological polar surface area (TPSA) is 35.5 Å². The van der Waals surface area contributed by atoms with Gasteiger partial charge in [0.2, 0.25) is 0 Å². The van der Waals surface area contributed by atoms with Crippen molar-refractivity contribution in [3.05, 3.63) is 12.2 Å². The van der Waals surface area contributed by atoms with Gasteiger partial charge in [-0.2, -0.15) is 4.89 Å². The Labute approximate surface area is 46.8 Å². The van der Waals surface area contributed by atoms with E-state index >= 15 is 0 Å². The first-order valence-electron chi connectivity index (χ1n) is 2.34. The fraction of sp³-hybridized carbons (Fsp3) is 0.400. The molecule has 1 aliphatic heterocycles. The number of rotatable bonds is 0.